The fourth-order valence-electron chi connectivity index (χ4n) is 2.00. The number of thioether (sulfide) groups is 1. The number of hydrogen-bond donors (Lipinski definition) is 2. The summed E-state index contributed by atoms with van der Waals surface area (Å²) in [6, 6.07) is -0.296. The predicted molar refractivity (Wildman–Crippen MR) is 65.9 cm³/mol. The number of aliphatic hydroxyl groups excluding tert-OH is 1. The van der Waals surface area contributed by atoms with Crippen LogP contribution in [0.15, 0.2) is 11.4 Å². The van der Waals surface area contributed by atoms with Crippen molar-refractivity contribution in [3.05, 3.63) is 11.8 Å². The van der Waals surface area contributed by atoms with Gasteiger partial charge in [-0.15, -0.1) is 0 Å². The summed E-state index contributed by atoms with van der Waals surface area (Å²) >= 11 is 1.37. The van der Waals surface area contributed by atoms with Crippen LogP contribution in [0.1, 0.15) is 24.8 Å². The molecule has 0 radical (unpaired) electrons. The van der Waals surface area contributed by atoms with Crippen LogP contribution in [0.5, 0.6) is 0 Å². The molecule has 100 valence electrons. The Hall–Kier alpha value is -0.950. The quantitative estimate of drug-likeness (QED) is 0.652. The Morgan fingerprint density at radius 1 is 1.61 bits per heavy atom. The second kappa shape index (κ2) is 5.36. The Kier molecular flexibility index (Phi) is 4.01. The van der Waals surface area contributed by atoms with Gasteiger partial charge in [-0.2, -0.15) is 0 Å². The van der Waals surface area contributed by atoms with Crippen LogP contribution in [0.3, 0.4) is 0 Å². The average molecular weight is 275 g/mol. The second-order valence-corrected chi connectivity index (χ2v) is 5.10. The zero-order chi connectivity index (χ0) is 13.2. The molecule has 1 aromatic heterocycles. The van der Waals surface area contributed by atoms with Crippen LogP contribution in [-0.2, 0) is 6.61 Å². The minimum absolute atomic E-state index is 0.0976. The molecule has 0 saturated heterocycles. The molecule has 0 spiro atoms. The summed E-state index contributed by atoms with van der Waals surface area (Å²) in [6.07, 6.45) is 3.49. The van der Waals surface area contributed by atoms with Crippen molar-refractivity contribution < 1.29 is 13.9 Å². The lowest BCUT2D eigenvalue weighted by atomic mass is 10.2. The van der Waals surface area contributed by atoms with Crippen molar-refractivity contribution in [2.75, 3.05) is 11.6 Å². The van der Waals surface area contributed by atoms with Gasteiger partial charge in [-0.25, -0.2) is 18.7 Å². The van der Waals surface area contributed by atoms with E-state index in [-0.39, 0.29) is 25.5 Å². The smallest absolute Gasteiger partial charge is 0.250 e. The van der Waals surface area contributed by atoms with E-state index in [1.54, 1.807) is 0 Å². The first-order valence-electron chi connectivity index (χ1n) is 5.69. The lowest BCUT2D eigenvalue weighted by molar-refractivity contribution is 0.00851. The number of nitrogens with zero attached hydrogens (tertiary/aromatic N) is 2. The molecule has 1 saturated carbocycles. The van der Waals surface area contributed by atoms with Crippen molar-refractivity contribution in [2.24, 2.45) is 0 Å². The minimum atomic E-state index is -2.59. The van der Waals surface area contributed by atoms with Crippen molar-refractivity contribution >= 4 is 17.6 Å². The minimum Gasteiger partial charge on any atom is -0.391 e. The van der Waals surface area contributed by atoms with Gasteiger partial charge in [-0.05, 0) is 12.7 Å². The number of nitrogens with one attached hydrogen (secondary N) is 1. The first-order chi connectivity index (χ1) is 8.54. The van der Waals surface area contributed by atoms with Gasteiger partial charge in [0.1, 0.15) is 5.82 Å². The van der Waals surface area contributed by atoms with E-state index in [1.165, 1.54) is 18.0 Å². The van der Waals surface area contributed by atoms with Gasteiger partial charge in [0.2, 0.25) is 5.92 Å². The normalized spacial score (nSPS) is 22.1. The molecular formula is C11H15F2N3OS. The van der Waals surface area contributed by atoms with Crippen LogP contribution in [-0.4, -0.2) is 33.3 Å². The Morgan fingerprint density at radius 3 is 2.94 bits per heavy atom. The van der Waals surface area contributed by atoms with Gasteiger partial charge in [-0.3, -0.25) is 0 Å². The predicted octanol–water partition coefficient (Wildman–Crippen LogP) is 2.29. The maximum absolute atomic E-state index is 13.1. The number of rotatable bonds is 4. The molecule has 2 rings (SSSR count). The molecule has 0 bridgehead atoms. The number of alkyl halides is 2. The highest BCUT2D eigenvalue weighted by atomic mass is 32.2. The molecule has 0 aromatic carbocycles. The largest absolute Gasteiger partial charge is 0.391 e. The lowest BCUT2D eigenvalue weighted by Gasteiger charge is -2.16. The molecule has 0 amide bonds. The number of halogens is 2. The van der Waals surface area contributed by atoms with Crippen molar-refractivity contribution in [3.63, 3.8) is 0 Å². The monoisotopic (exact) mass is 275 g/mol. The van der Waals surface area contributed by atoms with Gasteiger partial charge in [-0.1, -0.05) is 11.8 Å². The fourth-order valence-corrected chi connectivity index (χ4v) is 2.34. The highest BCUT2D eigenvalue weighted by Crippen LogP contribution is 2.36. The topological polar surface area (TPSA) is 58.0 Å². The summed E-state index contributed by atoms with van der Waals surface area (Å²) in [5, 5.41) is 12.7. The lowest BCUT2D eigenvalue weighted by Crippen LogP contribution is -2.21. The van der Waals surface area contributed by atoms with E-state index in [1.807, 2.05) is 6.26 Å². The molecule has 2 N–H and O–H groups in total. The van der Waals surface area contributed by atoms with E-state index in [0.717, 1.165) is 0 Å². The van der Waals surface area contributed by atoms with E-state index >= 15 is 0 Å². The summed E-state index contributed by atoms with van der Waals surface area (Å²) in [7, 11) is 0. The first-order valence-corrected chi connectivity index (χ1v) is 6.91. The summed E-state index contributed by atoms with van der Waals surface area (Å²) in [4.78, 5) is 8.24. The van der Waals surface area contributed by atoms with Crippen LogP contribution in [0.25, 0.3) is 0 Å². The van der Waals surface area contributed by atoms with Gasteiger partial charge in [0.05, 0.1) is 6.61 Å². The van der Waals surface area contributed by atoms with E-state index in [2.05, 4.69) is 15.3 Å². The number of anilines is 1. The molecule has 1 aromatic rings. The molecule has 18 heavy (non-hydrogen) atoms. The molecule has 1 atom stereocenters. The number of aromatic nitrogens is 2. The summed E-state index contributed by atoms with van der Waals surface area (Å²) in [5.74, 6) is -2.13. The third kappa shape index (κ3) is 3.08. The van der Waals surface area contributed by atoms with Crippen LogP contribution < -0.4 is 5.32 Å². The Bertz CT molecular complexity index is 431. The molecular weight excluding hydrogens is 260 g/mol. The highest BCUT2D eigenvalue weighted by Gasteiger charge is 2.39. The molecule has 1 unspecified atom stereocenters. The van der Waals surface area contributed by atoms with Crippen LogP contribution in [0.4, 0.5) is 14.6 Å². The van der Waals surface area contributed by atoms with E-state index in [4.69, 9.17) is 0 Å². The first kappa shape index (κ1) is 13.5. The SMILES string of the molecule is CSc1ncc(CO)c(NC2CCC(F)(F)C2)n1. The van der Waals surface area contributed by atoms with Crippen molar-refractivity contribution in [1.29, 1.82) is 0 Å². The Morgan fingerprint density at radius 2 is 2.39 bits per heavy atom. The third-order valence-electron chi connectivity index (χ3n) is 2.94. The van der Waals surface area contributed by atoms with E-state index in [0.29, 0.717) is 23.0 Å². The second-order valence-electron chi connectivity index (χ2n) is 4.33. The molecule has 4 nitrogen and oxygen atoms in total. The third-order valence-corrected chi connectivity index (χ3v) is 3.50. The molecule has 1 aliphatic rings. The van der Waals surface area contributed by atoms with Crippen molar-refractivity contribution in [2.45, 2.75) is 43.0 Å². The van der Waals surface area contributed by atoms with Crippen LogP contribution >= 0.6 is 11.8 Å². The van der Waals surface area contributed by atoms with Crippen molar-refractivity contribution in [3.8, 4) is 0 Å². The summed E-state index contributed by atoms with van der Waals surface area (Å²) in [5.41, 5.74) is 0.531. The van der Waals surface area contributed by atoms with Crippen LogP contribution in [0, 0.1) is 0 Å². The standard InChI is InChI=1S/C11H15F2N3OS/c1-18-10-14-5-7(6-17)9(16-10)15-8-2-3-11(12,13)4-8/h5,8,17H,2-4,6H2,1H3,(H,14,15,16). The maximum atomic E-state index is 13.1. The maximum Gasteiger partial charge on any atom is 0.250 e. The zero-order valence-electron chi connectivity index (χ0n) is 9.99. The zero-order valence-corrected chi connectivity index (χ0v) is 10.8. The molecule has 0 aliphatic heterocycles. The Balaban J connectivity index is 2.12. The van der Waals surface area contributed by atoms with Crippen LogP contribution in [0.2, 0.25) is 0 Å². The average Bonchev–Trinajstić information content (AvgIpc) is 2.68. The number of aliphatic hydroxyl groups is 1. The number of hydrogen-bond acceptors (Lipinski definition) is 5. The van der Waals surface area contributed by atoms with Gasteiger partial charge >= 0.3 is 0 Å². The molecule has 7 heteroatoms. The van der Waals surface area contributed by atoms with Gasteiger partial charge in [0.25, 0.3) is 0 Å². The van der Waals surface area contributed by atoms with E-state index in [9.17, 15) is 13.9 Å². The van der Waals surface area contributed by atoms with Gasteiger partial charge in [0.15, 0.2) is 5.16 Å². The highest BCUT2D eigenvalue weighted by molar-refractivity contribution is 7.98. The van der Waals surface area contributed by atoms with Crippen molar-refractivity contribution in [1.82, 2.24) is 9.97 Å². The molecule has 1 aliphatic carbocycles. The van der Waals surface area contributed by atoms with Gasteiger partial charge in [0, 0.05) is 30.6 Å². The fraction of sp³-hybridized carbons (Fsp3) is 0.636. The molecule has 1 fully saturated rings. The van der Waals surface area contributed by atoms with E-state index < -0.39 is 5.92 Å². The molecule has 1 heterocycles. The summed E-state index contributed by atoms with van der Waals surface area (Å²) in [6.45, 7) is -0.208. The van der Waals surface area contributed by atoms with Gasteiger partial charge < -0.3 is 10.4 Å². The summed E-state index contributed by atoms with van der Waals surface area (Å²) < 4.78 is 26.2. The Labute approximate surface area is 108 Å².